The third-order valence-electron chi connectivity index (χ3n) is 7.43. The van der Waals surface area contributed by atoms with E-state index in [0.29, 0.717) is 30.8 Å². The molecule has 1 aliphatic heterocycles. The Bertz CT molecular complexity index is 1280. The predicted molar refractivity (Wildman–Crippen MR) is 146 cm³/mol. The smallest absolute Gasteiger partial charge is 0.263 e. The second kappa shape index (κ2) is 10.6. The van der Waals surface area contributed by atoms with Crippen LogP contribution in [0.3, 0.4) is 0 Å². The van der Waals surface area contributed by atoms with E-state index in [1.807, 2.05) is 17.0 Å². The van der Waals surface area contributed by atoms with Crippen LogP contribution in [0.2, 0.25) is 0 Å². The highest BCUT2D eigenvalue weighted by molar-refractivity contribution is 7.21. The van der Waals surface area contributed by atoms with Crippen LogP contribution in [0.5, 0.6) is 0 Å². The standard InChI is InChI=1S/C26H34N8O2S/c1-16-5-7-18(8-6-16)22-23-19(37-24(22)25(36)32(3)4)15-27-26(29-23)28-20-9-10-21(31-30-20)34-13-11-33(12-14-34)17(2)35/h9-10,15-16,18H,5-8,11-14H2,1-4H3,(H,27,28,29,30). The Morgan fingerprint density at radius 3 is 2.41 bits per heavy atom. The SMILES string of the molecule is CC(=O)N1CCN(c2ccc(Nc3ncc4sc(C(=O)N(C)C)c(C5CCC(C)CC5)c4n3)nn2)CC1. The molecule has 10 nitrogen and oxygen atoms in total. The van der Waals surface area contributed by atoms with Gasteiger partial charge in [-0.3, -0.25) is 9.59 Å². The van der Waals surface area contributed by atoms with Gasteiger partial charge in [-0.25, -0.2) is 9.97 Å². The van der Waals surface area contributed by atoms with E-state index >= 15 is 0 Å². The Morgan fingerprint density at radius 1 is 1.05 bits per heavy atom. The van der Waals surface area contributed by atoms with Crippen LogP contribution >= 0.6 is 11.3 Å². The molecule has 3 aromatic rings. The summed E-state index contributed by atoms with van der Waals surface area (Å²) in [5.41, 5.74) is 1.93. The lowest BCUT2D eigenvalue weighted by atomic mass is 9.79. The average molecular weight is 523 g/mol. The zero-order valence-electron chi connectivity index (χ0n) is 21.9. The van der Waals surface area contributed by atoms with Gasteiger partial charge in [0, 0.05) is 52.8 Å². The number of anilines is 3. The maximum absolute atomic E-state index is 13.1. The molecule has 2 fully saturated rings. The number of amides is 2. The maximum Gasteiger partial charge on any atom is 0.263 e. The van der Waals surface area contributed by atoms with E-state index in [1.54, 1.807) is 32.1 Å². The van der Waals surface area contributed by atoms with Crippen molar-refractivity contribution in [2.45, 2.75) is 45.4 Å². The molecule has 2 amide bonds. The van der Waals surface area contributed by atoms with E-state index in [9.17, 15) is 9.59 Å². The fourth-order valence-corrected chi connectivity index (χ4v) is 6.41. The molecule has 196 valence electrons. The van der Waals surface area contributed by atoms with Gasteiger partial charge in [-0.15, -0.1) is 21.5 Å². The number of aromatic nitrogens is 4. The number of rotatable bonds is 5. The zero-order chi connectivity index (χ0) is 26.1. The Morgan fingerprint density at radius 2 is 1.78 bits per heavy atom. The van der Waals surface area contributed by atoms with E-state index in [2.05, 4.69) is 32.3 Å². The topological polar surface area (TPSA) is 107 Å². The number of carbonyl (C=O) groups is 2. The Balaban J connectivity index is 1.37. The molecule has 11 heteroatoms. The van der Waals surface area contributed by atoms with Gasteiger partial charge >= 0.3 is 0 Å². The predicted octanol–water partition coefficient (Wildman–Crippen LogP) is 3.89. The van der Waals surface area contributed by atoms with Crippen molar-refractivity contribution in [3.05, 3.63) is 28.8 Å². The second-order valence-electron chi connectivity index (χ2n) is 10.3. The second-order valence-corrected chi connectivity index (χ2v) is 11.4. The molecule has 5 rings (SSSR count). The molecule has 3 aromatic heterocycles. The van der Waals surface area contributed by atoms with E-state index in [0.717, 1.165) is 58.3 Å². The number of carbonyl (C=O) groups excluding carboxylic acids is 2. The van der Waals surface area contributed by atoms with Crippen molar-refractivity contribution in [1.82, 2.24) is 30.0 Å². The lowest BCUT2D eigenvalue weighted by molar-refractivity contribution is -0.129. The molecular weight excluding hydrogens is 488 g/mol. The van der Waals surface area contributed by atoms with Gasteiger partial charge in [0.25, 0.3) is 5.91 Å². The number of hydrogen-bond donors (Lipinski definition) is 1. The van der Waals surface area contributed by atoms with Crippen LogP contribution in [0, 0.1) is 5.92 Å². The molecule has 0 aromatic carbocycles. The third-order valence-corrected chi connectivity index (χ3v) is 8.55. The zero-order valence-corrected chi connectivity index (χ0v) is 22.7. The van der Waals surface area contributed by atoms with Gasteiger partial charge in [0.2, 0.25) is 11.9 Å². The molecule has 4 heterocycles. The number of hydrogen-bond acceptors (Lipinski definition) is 9. The van der Waals surface area contributed by atoms with Crippen molar-refractivity contribution < 1.29 is 9.59 Å². The van der Waals surface area contributed by atoms with Crippen LogP contribution in [-0.4, -0.2) is 82.1 Å². The van der Waals surface area contributed by atoms with Crippen molar-refractivity contribution in [3.8, 4) is 0 Å². The molecule has 37 heavy (non-hydrogen) atoms. The third kappa shape index (κ3) is 5.36. The molecular formula is C26H34N8O2S. The Hall–Kier alpha value is -3.34. The van der Waals surface area contributed by atoms with Gasteiger partial charge in [-0.05, 0) is 36.8 Å². The summed E-state index contributed by atoms with van der Waals surface area (Å²) in [4.78, 5) is 40.4. The molecule has 0 radical (unpaired) electrons. The highest BCUT2D eigenvalue weighted by atomic mass is 32.1. The summed E-state index contributed by atoms with van der Waals surface area (Å²) >= 11 is 1.49. The van der Waals surface area contributed by atoms with Gasteiger partial charge in [-0.2, -0.15) is 0 Å². The normalized spacial score (nSPS) is 20.2. The summed E-state index contributed by atoms with van der Waals surface area (Å²) in [6.45, 7) is 6.74. The van der Waals surface area contributed by atoms with Crippen molar-refractivity contribution in [1.29, 1.82) is 0 Å². The first-order chi connectivity index (χ1) is 17.8. The minimum atomic E-state index is 0.0247. The van der Waals surface area contributed by atoms with E-state index < -0.39 is 0 Å². The van der Waals surface area contributed by atoms with Crippen LogP contribution in [0.15, 0.2) is 18.3 Å². The highest BCUT2D eigenvalue weighted by Gasteiger charge is 2.30. The lowest BCUT2D eigenvalue weighted by Gasteiger charge is -2.34. The van der Waals surface area contributed by atoms with Crippen LogP contribution in [0.4, 0.5) is 17.6 Å². The number of piperazine rings is 1. The lowest BCUT2D eigenvalue weighted by Crippen LogP contribution is -2.48. The molecule has 1 aliphatic carbocycles. The van der Waals surface area contributed by atoms with Gasteiger partial charge in [0.05, 0.1) is 21.3 Å². The quantitative estimate of drug-likeness (QED) is 0.538. The monoisotopic (exact) mass is 522 g/mol. The molecule has 0 unspecified atom stereocenters. The fraction of sp³-hybridized carbons (Fsp3) is 0.538. The molecule has 1 saturated carbocycles. The molecule has 1 N–H and O–H groups in total. The van der Waals surface area contributed by atoms with Crippen LogP contribution < -0.4 is 10.2 Å². The Kier molecular flexibility index (Phi) is 7.23. The van der Waals surface area contributed by atoms with Gasteiger partial charge in [0.15, 0.2) is 11.6 Å². The molecule has 1 saturated heterocycles. The van der Waals surface area contributed by atoms with Gasteiger partial charge < -0.3 is 20.0 Å². The molecule has 0 atom stereocenters. The van der Waals surface area contributed by atoms with E-state index in [1.165, 1.54) is 24.2 Å². The largest absolute Gasteiger partial charge is 0.352 e. The van der Waals surface area contributed by atoms with Gasteiger partial charge in [0.1, 0.15) is 0 Å². The van der Waals surface area contributed by atoms with Crippen LogP contribution in [-0.2, 0) is 4.79 Å². The van der Waals surface area contributed by atoms with Crippen molar-refractivity contribution in [2.24, 2.45) is 5.92 Å². The van der Waals surface area contributed by atoms with Crippen LogP contribution in [0.1, 0.15) is 60.7 Å². The minimum Gasteiger partial charge on any atom is -0.352 e. The molecule has 0 bridgehead atoms. The van der Waals surface area contributed by atoms with Crippen molar-refractivity contribution in [2.75, 3.05) is 50.5 Å². The average Bonchev–Trinajstić information content (AvgIpc) is 3.28. The van der Waals surface area contributed by atoms with Crippen LogP contribution in [0.25, 0.3) is 10.2 Å². The summed E-state index contributed by atoms with van der Waals surface area (Å²) in [5.74, 6) is 2.96. The van der Waals surface area contributed by atoms with Gasteiger partial charge in [-0.1, -0.05) is 19.8 Å². The first-order valence-corrected chi connectivity index (χ1v) is 13.7. The summed E-state index contributed by atoms with van der Waals surface area (Å²) in [7, 11) is 3.59. The van der Waals surface area contributed by atoms with E-state index in [4.69, 9.17) is 4.98 Å². The number of nitrogens with zero attached hydrogens (tertiary/aromatic N) is 7. The first-order valence-electron chi connectivity index (χ1n) is 12.9. The highest BCUT2D eigenvalue weighted by Crippen LogP contribution is 2.43. The minimum absolute atomic E-state index is 0.0247. The van der Waals surface area contributed by atoms with E-state index in [-0.39, 0.29) is 11.8 Å². The Labute approximate surface area is 221 Å². The number of nitrogens with one attached hydrogen (secondary N) is 1. The van der Waals surface area contributed by atoms with Crippen molar-refractivity contribution in [3.63, 3.8) is 0 Å². The molecule has 0 spiro atoms. The maximum atomic E-state index is 13.1. The summed E-state index contributed by atoms with van der Waals surface area (Å²) in [6.07, 6.45) is 6.27. The summed E-state index contributed by atoms with van der Waals surface area (Å²) in [5, 5.41) is 11.9. The fourth-order valence-electron chi connectivity index (χ4n) is 5.19. The summed E-state index contributed by atoms with van der Waals surface area (Å²) in [6, 6.07) is 3.79. The number of thiophene rings is 1. The first kappa shape index (κ1) is 25.3. The van der Waals surface area contributed by atoms with Crippen molar-refractivity contribution >= 4 is 51.0 Å². The molecule has 2 aliphatic rings. The number of fused-ring (bicyclic) bond motifs is 1. The summed E-state index contributed by atoms with van der Waals surface area (Å²) < 4.78 is 0.926.